The summed E-state index contributed by atoms with van der Waals surface area (Å²) >= 11 is 0. The SMILES string of the molecule is N[C@@H]1CCCc2cc(CCO)ccc21. The number of fused-ring (bicyclic) bond motifs is 1. The van der Waals surface area contributed by atoms with E-state index in [-0.39, 0.29) is 12.6 Å². The highest BCUT2D eigenvalue weighted by Gasteiger charge is 2.16. The van der Waals surface area contributed by atoms with Crippen LogP contribution in [0.25, 0.3) is 0 Å². The molecule has 1 aromatic carbocycles. The van der Waals surface area contributed by atoms with E-state index in [9.17, 15) is 0 Å². The van der Waals surface area contributed by atoms with Crippen molar-refractivity contribution < 1.29 is 5.11 Å². The summed E-state index contributed by atoms with van der Waals surface area (Å²) in [6.07, 6.45) is 4.19. The van der Waals surface area contributed by atoms with Crippen LogP contribution in [0, 0.1) is 0 Å². The van der Waals surface area contributed by atoms with Gasteiger partial charge in [-0.2, -0.15) is 0 Å². The molecule has 3 N–H and O–H groups in total. The minimum atomic E-state index is 0.224. The number of aliphatic hydroxyl groups excluding tert-OH is 1. The number of rotatable bonds is 2. The van der Waals surface area contributed by atoms with Crippen molar-refractivity contribution in [2.24, 2.45) is 5.73 Å². The lowest BCUT2D eigenvalue weighted by Gasteiger charge is -2.22. The summed E-state index contributed by atoms with van der Waals surface area (Å²) in [5.74, 6) is 0. The molecule has 14 heavy (non-hydrogen) atoms. The fraction of sp³-hybridized carbons (Fsp3) is 0.500. The maximum absolute atomic E-state index is 8.85. The molecular weight excluding hydrogens is 174 g/mol. The molecule has 0 unspecified atom stereocenters. The molecular formula is C12H17NO. The highest BCUT2D eigenvalue weighted by atomic mass is 16.2. The maximum Gasteiger partial charge on any atom is 0.0471 e. The van der Waals surface area contributed by atoms with Crippen molar-refractivity contribution in [1.82, 2.24) is 0 Å². The Bertz CT molecular complexity index is 322. The van der Waals surface area contributed by atoms with Crippen LogP contribution in [-0.4, -0.2) is 11.7 Å². The van der Waals surface area contributed by atoms with Crippen LogP contribution >= 0.6 is 0 Å². The van der Waals surface area contributed by atoms with Gasteiger partial charge in [0.2, 0.25) is 0 Å². The molecule has 2 heteroatoms. The van der Waals surface area contributed by atoms with Crippen molar-refractivity contribution in [2.75, 3.05) is 6.61 Å². The van der Waals surface area contributed by atoms with Gasteiger partial charge in [0, 0.05) is 12.6 Å². The van der Waals surface area contributed by atoms with E-state index >= 15 is 0 Å². The number of aliphatic hydroxyl groups is 1. The van der Waals surface area contributed by atoms with E-state index in [0.29, 0.717) is 0 Å². The van der Waals surface area contributed by atoms with Crippen LogP contribution in [0.4, 0.5) is 0 Å². The summed E-state index contributed by atoms with van der Waals surface area (Å²) < 4.78 is 0. The Morgan fingerprint density at radius 3 is 3.07 bits per heavy atom. The molecule has 1 aliphatic carbocycles. The van der Waals surface area contributed by atoms with Crippen molar-refractivity contribution in [1.29, 1.82) is 0 Å². The molecule has 0 saturated heterocycles. The first kappa shape index (κ1) is 9.69. The van der Waals surface area contributed by atoms with Gasteiger partial charge in [-0.1, -0.05) is 18.2 Å². The summed E-state index contributed by atoms with van der Waals surface area (Å²) in [4.78, 5) is 0. The van der Waals surface area contributed by atoms with Gasteiger partial charge in [0.25, 0.3) is 0 Å². The second-order valence-electron chi connectivity index (χ2n) is 4.01. The second-order valence-corrected chi connectivity index (χ2v) is 4.01. The molecule has 0 bridgehead atoms. The van der Waals surface area contributed by atoms with Gasteiger partial charge >= 0.3 is 0 Å². The van der Waals surface area contributed by atoms with Crippen LogP contribution in [0.3, 0.4) is 0 Å². The third kappa shape index (κ3) is 1.81. The van der Waals surface area contributed by atoms with Crippen molar-refractivity contribution in [3.8, 4) is 0 Å². The molecule has 1 atom stereocenters. The van der Waals surface area contributed by atoms with Crippen molar-refractivity contribution in [3.63, 3.8) is 0 Å². The van der Waals surface area contributed by atoms with E-state index in [1.807, 2.05) is 0 Å². The van der Waals surface area contributed by atoms with Crippen molar-refractivity contribution >= 4 is 0 Å². The van der Waals surface area contributed by atoms with Gasteiger partial charge in [-0.3, -0.25) is 0 Å². The highest BCUT2D eigenvalue weighted by molar-refractivity contribution is 5.36. The van der Waals surface area contributed by atoms with Gasteiger partial charge in [-0.05, 0) is 42.4 Å². The average Bonchev–Trinajstić information content (AvgIpc) is 2.18. The zero-order chi connectivity index (χ0) is 9.97. The van der Waals surface area contributed by atoms with E-state index < -0.39 is 0 Å². The smallest absolute Gasteiger partial charge is 0.0471 e. The number of hydrogen-bond donors (Lipinski definition) is 2. The van der Waals surface area contributed by atoms with Crippen LogP contribution in [0.15, 0.2) is 18.2 Å². The van der Waals surface area contributed by atoms with Crippen molar-refractivity contribution in [2.45, 2.75) is 31.7 Å². The molecule has 1 aromatic rings. The lowest BCUT2D eigenvalue weighted by molar-refractivity contribution is 0.299. The summed E-state index contributed by atoms with van der Waals surface area (Å²) in [6.45, 7) is 0.227. The molecule has 76 valence electrons. The Morgan fingerprint density at radius 2 is 2.29 bits per heavy atom. The number of nitrogens with two attached hydrogens (primary N) is 1. The van der Waals surface area contributed by atoms with Crippen LogP contribution in [0.2, 0.25) is 0 Å². The first-order chi connectivity index (χ1) is 6.81. The lowest BCUT2D eigenvalue weighted by Crippen LogP contribution is -2.17. The van der Waals surface area contributed by atoms with Gasteiger partial charge in [0.05, 0.1) is 0 Å². The predicted octanol–water partition coefficient (Wildman–Crippen LogP) is 1.56. The summed E-state index contributed by atoms with van der Waals surface area (Å²) in [5, 5.41) is 8.85. The molecule has 0 saturated carbocycles. The fourth-order valence-corrected chi connectivity index (χ4v) is 2.19. The van der Waals surface area contributed by atoms with Gasteiger partial charge < -0.3 is 10.8 Å². The maximum atomic E-state index is 8.85. The normalized spacial score (nSPS) is 20.6. The molecule has 0 heterocycles. The summed E-state index contributed by atoms with van der Waals surface area (Å²) in [7, 11) is 0. The molecule has 0 aliphatic heterocycles. The molecule has 0 aromatic heterocycles. The first-order valence-electron chi connectivity index (χ1n) is 5.29. The number of aryl methyl sites for hydroxylation is 1. The summed E-state index contributed by atoms with van der Waals surface area (Å²) in [6, 6.07) is 6.64. The van der Waals surface area contributed by atoms with Crippen LogP contribution < -0.4 is 5.73 Å². The predicted molar refractivity (Wildman–Crippen MR) is 57.1 cm³/mol. The monoisotopic (exact) mass is 191 g/mol. The van der Waals surface area contributed by atoms with Crippen LogP contribution in [0.1, 0.15) is 35.6 Å². The average molecular weight is 191 g/mol. The first-order valence-corrected chi connectivity index (χ1v) is 5.29. The molecule has 0 radical (unpaired) electrons. The third-order valence-electron chi connectivity index (χ3n) is 2.97. The van der Waals surface area contributed by atoms with Gasteiger partial charge in [-0.25, -0.2) is 0 Å². The lowest BCUT2D eigenvalue weighted by atomic mass is 9.87. The Kier molecular flexibility index (Phi) is 2.85. The molecule has 2 nitrogen and oxygen atoms in total. The topological polar surface area (TPSA) is 46.2 Å². The van der Waals surface area contributed by atoms with E-state index in [1.165, 1.54) is 23.1 Å². The van der Waals surface area contributed by atoms with E-state index in [2.05, 4.69) is 18.2 Å². The largest absolute Gasteiger partial charge is 0.396 e. The van der Waals surface area contributed by atoms with E-state index in [0.717, 1.165) is 19.3 Å². The molecule has 0 fully saturated rings. The Labute approximate surface area is 84.7 Å². The summed E-state index contributed by atoms with van der Waals surface area (Å²) in [5.41, 5.74) is 9.93. The van der Waals surface area contributed by atoms with Crippen LogP contribution in [-0.2, 0) is 12.8 Å². The third-order valence-corrected chi connectivity index (χ3v) is 2.97. The second kappa shape index (κ2) is 4.11. The van der Waals surface area contributed by atoms with E-state index in [1.54, 1.807) is 0 Å². The number of hydrogen-bond acceptors (Lipinski definition) is 2. The zero-order valence-electron chi connectivity index (χ0n) is 8.37. The van der Waals surface area contributed by atoms with Gasteiger partial charge in [0.15, 0.2) is 0 Å². The standard InChI is InChI=1S/C12H17NO/c13-12-3-1-2-10-8-9(6-7-14)4-5-11(10)12/h4-5,8,12,14H,1-3,6-7,13H2/t12-/m1/s1. The molecule has 1 aliphatic rings. The Morgan fingerprint density at radius 1 is 1.43 bits per heavy atom. The zero-order valence-corrected chi connectivity index (χ0v) is 8.37. The fourth-order valence-electron chi connectivity index (χ4n) is 2.19. The van der Waals surface area contributed by atoms with E-state index in [4.69, 9.17) is 10.8 Å². The molecule has 0 amide bonds. The Balaban J connectivity index is 2.29. The minimum Gasteiger partial charge on any atom is -0.396 e. The highest BCUT2D eigenvalue weighted by Crippen LogP contribution is 2.28. The van der Waals surface area contributed by atoms with Crippen LogP contribution in [0.5, 0.6) is 0 Å². The minimum absolute atomic E-state index is 0.224. The van der Waals surface area contributed by atoms with Crippen molar-refractivity contribution in [3.05, 3.63) is 34.9 Å². The molecule has 2 rings (SSSR count). The Hall–Kier alpha value is -0.860. The molecule has 0 spiro atoms. The quantitative estimate of drug-likeness (QED) is 0.745. The van der Waals surface area contributed by atoms with Gasteiger partial charge in [-0.15, -0.1) is 0 Å². The number of benzene rings is 1. The van der Waals surface area contributed by atoms with Gasteiger partial charge in [0.1, 0.15) is 0 Å².